The Hall–Kier alpha value is -2.82. The molecule has 1 atom stereocenters. The molecule has 1 saturated heterocycles. The third kappa shape index (κ3) is 3.18. The first-order valence-corrected chi connectivity index (χ1v) is 9.68. The van der Waals surface area contributed by atoms with Crippen LogP contribution in [0.4, 0.5) is 11.4 Å². The number of hydrogen-bond acceptors (Lipinski definition) is 3. The van der Waals surface area contributed by atoms with Crippen LogP contribution in [0.1, 0.15) is 52.5 Å². The summed E-state index contributed by atoms with van der Waals surface area (Å²) in [6.45, 7) is 5.72. The van der Waals surface area contributed by atoms with Gasteiger partial charge in [0.25, 0.3) is 11.8 Å². The zero-order valence-electron chi connectivity index (χ0n) is 15.9. The molecule has 5 nitrogen and oxygen atoms in total. The molecule has 0 spiro atoms. The molecule has 2 aliphatic heterocycles. The number of fused-ring (bicyclic) bond motifs is 2. The molecule has 0 unspecified atom stereocenters. The highest BCUT2D eigenvalue weighted by molar-refractivity contribution is 6.08. The molecule has 1 fully saturated rings. The number of rotatable bonds is 3. The highest BCUT2D eigenvalue weighted by atomic mass is 16.2. The summed E-state index contributed by atoms with van der Waals surface area (Å²) in [5.74, 6) is -0.0666. The smallest absolute Gasteiger partial charge is 0.257 e. The van der Waals surface area contributed by atoms with Gasteiger partial charge < -0.3 is 15.1 Å². The molecule has 2 aromatic rings. The SMILES string of the molecule is CCN1c2cc(C(=O)Nc3cccc(C)c3)ccc2C(=O)N2CCCC[C@@H]21. The lowest BCUT2D eigenvalue weighted by atomic mass is 9.97. The van der Waals surface area contributed by atoms with E-state index in [1.807, 2.05) is 42.2 Å². The second-order valence-electron chi connectivity index (χ2n) is 7.32. The summed E-state index contributed by atoms with van der Waals surface area (Å²) >= 11 is 0. The lowest BCUT2D eigenvalue weighted by Crippen LogP contribution is -2.57. The molecule has 27 heavy (non-hydrogen) atoms. The molecule has 140 valence electrons. The number of hydrogen-bond donors (Lipinski definition) is 1. The van der Waals surface area contributed by atoms with E-state index in [9.17, 15) is 9.59 Å². The summed E-state index contributed by atoms with van der Waals surface area (Å²) in [5, 5.41) is 2.95. The van der Waals surface area contributed by atoms with E-state index in [4.69, 9.17) is 0 Å². The number of aryl methyl sites for hydroxylation is 1. The van der Waals surface area contributed by atoms with E-state index in [0.29, 0.717) is 11.1 Å². The molecule has 2 aromatic carbocycles. The number of piperidine rings is 1. The van der Waals surface area contributed by atoms with Crippen molar-refractivity contribution in [1.82, 2.24) is 4.90 Å². The zero-order valence-corrected chi connectivity index (χ0v) is 15.9. The molecule has 0 saturated carbocycles. The van der Waals surface area contributed by atoms with E-state index in [1.54, 1.807) is 12.1 Å². The number of benzene rings is 2. The van der Waals surface area contributed by atoms with E-state index in [0.717, 1.165) is 49.3 Å². The van der Waals surface area contributed by atoms with Gasteiger partial charge in [-0.1, -0.05) is 12.1 Å². The average Bonchev–Trinajstić information content (AvgIpc) is 2.68. The average molecular weight is 363 g/mol. The lowest BCUT2D eigenvalue weighted by molar-refractivity contribution is 0.0582. The van der Waals surface area contributed by atoms with Gasteiger partial charge in [-0.05, 0) is 69.0 Å². The maximum absolute atomic E-state index is 12.9. The van der Waals surface area contributed by atoms with Crippen LogP contribution in [0, 0.1) is 6.92 Å². The Kier molecular flexibility index (Phi) is 4.60. The van der Waals surface area contributed by atoms with Crippen LogP contribution in [-0.4, -0.2) is 36.0 Å². The number of carbonyl (C=O) groups excluding carboxylic acids is 2. The van der Waals surface area contributed by atoms with Gasteiger partial charge in [0.1, 0.15) is 6.17 Å². The quantitative estimate of drug-likeness (QED) is 0.895. The molecule has 5 heteroatoms. The van der Waals surface area contributed by atoms with E-state index < -0.39 is 0 Å². The van der Waals surface area contributed by atoms with Gasteiger partial charge in [-0.15, -0.1) is 0 Å². The first-order chi connectivity index (χ1) is 13.1. The predicted octanol–water partition coefficient (Wildman–Crippen LogP) is 4.04. The van der Waals surface area contributed by atoms with Crippen molar-refractivity contribution in [2.75, 3.05) is 23.3 Å². The topological polar surface area (TPSA) is 52.7 Å². The Bertz CT molecular complexity index is 893. The van der Waals surface area contributed by atoms with Crippen molar-refractivity contribution < 1.29 is 9.59 Å². The fourth-order valence-electron chi connectivity index (χ4n) is 4.19. The molecule has 0 aromatic heterocycles. The maximum atomic E-state index is 12.9. The summed E-state index contributed by atoms with van der Waals surface area (Å²) in [6.07, 6.45) is 3.29. The second-order valence-corrected chi connectivity index (χ2v) is 7.32. The molecule has 2 aliphatic rings. The van der Waals surface area contributed by atoms with Crippen LogP contribution in [0.25, 0.3) is 0 Å². The highest BCUT2D eigenvalue weighted by Crippen LogP contribution is 2.35. The third-order valence-electron chi connectivity index (χ3n) is 5.51. The van der Waals surface area contributed by atoms with Crippen molar-refractivity contribution in [1.29, 1.82) is 0 Å². The summed E-state index contributed by atoms with van der Waals surface area (Å²) in [5.41, 5.74) is 4.02. The number of nitrogens with zero attached hydrogens (tertiary/aromatic N) is 2. The molecule has 2 amide bonds. The number of amides is 2. The maximum Gasteiger partial charge on any atom is 0.257 e. The molecule has 1 N–H and O–H groups in total. The van der Waals surface area contributed by atoms with Crippen LogP contribution in [0.15, 0.2) is 42.5 Å². The second kappa shape index (κ2) is 7.06. The van der Waals surface area contributed by atoms with Crippen molar-refractivity contribution in [2.24, 2.45) is 0 Å². The van der Waals surface area contributed by atoms with Crippen molar-refractivity contribution in [3.8, 4) is 0 Å². The largest absolute Gasteiger partial charge is 0.351 e. The third-order valence-corrected chi connectivity index (χ3v) is 5.51. The van der Waals surface area contributed by atoms with Crippen molar-refractivity contribution in [3.05, 3.63) is 59.2 Å². The standard InChI is InChI=1S/C22H25N3O2/c1-3-24-19-14-16(21(26)23-17-8-6-7-15(2)13-17)10-11-18(19)22(27)25-12-5-4-9-20(24)25/h6-8,10-11,13-14,20H,3-5,9,12H2,1-2H3,(H,23,26)/t20-/m1/s1. The van der Waals surface area contributed by atoms with Crippen molar-refractivity contribution >= 4 is 23.2 Å². The van der Waals surface area contributed by atoms with Crippen LogP contribution in [0.5, 0.6) is 0 Å². The molecule has 4 rings (SSSR count). The Morgan fingerprint density at radius 2 is 2.04 bits per heavy atom. The van der Waals surface area contributed by atoms with Crippen LogP contribution in [0.3, 0.4) is 0 Å². The molecule has 0 bridgehead atoms. The fraction of sp³-hybridized carbons (Fsp3) is 0.364. The summed E-state index contributed by atoms with van der Waals surface area (Å²) in [4.78, 5) is 29.9. The Balaban J connectivity index is 1.66. The first-order valence-electron chi connectivity index (χ1n) is 9.68. The minimum Gasteiger partial charge on any atom is -0.351 e. The van der Waals surface area contributed by atoms with Gasteiger partial charge in [-0.2, -0.15) is 0 Å². The van der Waals surface area contributed by atoms with E-state index in [1.165, 1.54) is 0 Å². The van der Waals surface area contributed by atoms with Gasteiger partial charge in [0.05, 0.1) is 11.3 Å². The molecular formula is C22H25N3O2. The number of anilines is 2. The zero-order chi connectivity index (χ0) is 19.0. The molecule has 2 heterocycles. The highest BCUT2D eigenvalue weighted by Gasteiger charge is 2.38. The molecule has 0 aliphatic carbocycles. The normalized spacial score (nSPS) is 18.7. The van der Waals surface area contributed by atoms with Crippen molar-refractivity contribution in [2.45, 2.75) is 39.3 Å². The van der Waals surface area contributed by atoms with Gasteiger partial charge in [-0.3, -0.25) is 9.59 Å². The lowest BCUT2D eigenvalue weighted by Gasteiger charge is -2.47. The van der Waals surface area contributed by atoms with Crippen LogP contribution < -0.4 is 10.2 Å². The molecule has 0 radical (unpaired) electrons. The number of nitrogens with one attached hydrogen (secondary N) is 1. The predicted molar refractivity (Wildman–Crippen MR) is 107 cm³/mol. The first kappa shape index (κ1) is 17.6. The van der Waals surface area contributed by atoms with Crippen LogP contribution in [-0.2, 0) is 0 Å². The fourth-order valence-corrected chi connectivity index (χ4v) is 4.19. The van der Waals surface area contributed by atoms with Crippen LogP contribution in [0.2, 0.25) is 0 Å². The van der Waals surface area contributed by atoms with Gasteiger partial charge in [-0.25, -0.2) is 0 Å². The van der Waals surface area contributed by atoms with Gasteiger partial charge in [0, 0.05) is 24.3 Å². The Labute approximate surface area is 160 Å². The van der Waals surface area contributed by atoms with E-state index >= 15 is 0 Å². The summed E-state index contributed by atoms with van der Waals surface area (Å²) < 4.78 is 0. The molecular weight excluding hydrogens is 338 g/mol. The van der Waals surface area contributed by atoms with E-state index in [2.05, 4.69) is 17.1 Å². The van der Waals surface area contributed by atoms with Crippen LogP contribution >= 0.6 is 0 Å². The summed E-state index contributed by atoms with van der Waals surface area (Å²) in [7, 11) is 0. The Morgan fingerprint density at radius 1 is 1.19 bits per heavy atom. The van der Waals surface area contributed by atoms with Gasteiger partial charge in [0.15, 0.2) is 0 Å². The summed E-state index contributed by atoms with van der Waals surface area (Å²) in [6, 6.07) is 13.2. The monoisotopic (exact) mass is 363 g/mol. The van der Waals surface area contributed by atoms with E-state index in [-0.39, 0.29) is 18.0 Å². The number of carbonyl (C=O) groups is 2. The van der Waals surface area contributed by atoms with Gasteiger partial charge in [0.2, 0.25) is 0 Å². The van der Waals surface area contributed by atoms with Gasteiger partial charge >= 0.3 is 0 Å². The minimum absolute atomic E-state index is 0.0880. The Morgan fingerprint density at radius 3 is 2.81 bits per heavy atom. The minimum atomic E-state index is -0.155. The van der Waals surface area contributed by atoms with Crippen molar-refractivity contribution in [3.63, 3.8) is 0 Å².